The van der Waals surface area contributed by atoms with Crippen LogP contribution in [-0.4, -0.2) is 48.9 Å². The molecule has 1 unspecified atom stereocenters. The van der Waals surface area contributed by atoms with E-state index >= 15 is 0 Å². The summed E-state index contributed by atoms with van der Waals surface area (Å²) in [5.74, 6) is 0. The molecule has 3 rings (SSSR count). The van der Waals surface area contributed by atoms with E-state index in [1.54, 1.807) is 4.90 Å². The SMILES string of the molecule is CC1(C)OB(c2cccc(C3CN(C(N)=O)CCO3)c2)OC1(C)C. The number of amides is 2. The number of nitrogens with zero attached hydrogens (tertiary/aromatic N) is 1. The summed E-state index contributed by atoms with van der Waals surface area (Å²) in [6.45, 7) is 9.61. The largest absolute Gasteiger partial charge is 0.494 e. The van der Waals surface area contributed by atoms with Crippen molar-refractivity contribution in [3.8, 4) is 0 Å². The van der Waals surface area contributed by atoms with Crippen molar-refractivity contribution in [3.05, 3.63) is 29.8 Å². The molecule has 0 bridgehead atoms. The van der Waals surface area contributed by atoms with Crippen LogP contribution in [0.5, 0.6) is 0 Å². The lowest BCUT2D eigenvalue weighted by Gasteiger charge is -2.32. The van der Waals surface area contributed by atoms with Crippen molar-refractivity contribution < 1.29 is 18.8 Å². The Balaban J connectivity index is 1.79. The predicted molar refractivity (Wildman–Crippen MR) is 92.0 cm³/mol. The van der Waals surface area contributed by atoms with Crippen LogP contribution in [0.25, 0.3) is 0 Å². The van der Waals surface area contributed by atoms with Gasteiger partial charge in [-0.25, -0.2) is 4.79 Å². The monoisotopic (exact) mass is 332 g/mol. The number of morpholine rings is 1. The number of carbonyl (C=O) groups excluding carboxylic acids is 1. The van der Waals surface area contributed by atoms with Crippen molar-refractivity contribution >= 4 is 18.6 Å². The average Bonchev–Trinajstić information content (AvgIpc) is 2.76. The lowest BCUT2D eigenvalue weighted by atomic mass is 9.78. The molecule has 2 N–H and O–H groups in total. The standard InChI is InChI=1S/C17H25BN2O4/c1-16(2)17(3,4)24-18(23-16)13-7-5-6-12(10-13)14-11-20(15(19)21)8-9-22-14/h5-7,10,14H,8-9,11H2,1-4H3,(H2,19,21). The highest BCUT2D eigenvalue weighted by molar-refractivity contribution is 6.62. The second kappa shape index (κ2) is 6.06. The Hall–Kier alpha value is -1.57. The maximum absolute atomic E-state index is 11.4. The van der Waals surface area contributed by atoms with E-state index in [-0.39, 0.29) is 17.3 Å². The van der Waals surface area contributed by atoms with Gasteiger partial charge in [0.25, 0.3) is 0 Å². The van der Waals surface area contributed by atoms with Gasteiger partial charge in [0.2, 0.25) is 0 Å². The van der Waals surface area contributed by atoms with Crippen LogP contribution in [0.2, 0.25) is 0 Å². The molecule has 24 heavy (non-hydrogen) atoms. The first kappa shape index (κ1) is 17.3. The lowest BCUT2D eigenvalue weighted by molar-refractivity contribution is -0.0141. The summed E-state index contributed by atoms with van der Waals surface area (Å²) in [5, 5.41) is 0. The van der Waals surface area contributed by atoms with Crippen molar-refractivity contribution in [1.29, 1.82) is 0 Å². The molecule has 2 aliphatic heterocycles. The minimum atomic E-state index is -0.412. The second-order valence-electron chi connectivity index (χ2n) is 7.40. The number of primary amides is 1. The van der Waals surface area contributed by atoms with E-state index in [1.807, 2.05) is 52.0 Å². The van der Waals surface area contributed by atoms with E-state index in [4.69, 9.17) is 19.8 Å². The van der Waals surface area contributed by atoms with Crippen LogP contribution in [0.3, 0.4) is 0 Å². The maximum Gasteiger partial charge on any atom is 0.494 e. The summed E-state index contributed by atoms with van der Waals surface area (Å²) >= 11 is 0. The lowest BCUT2D eigenvalue weighted by Crippen LogP contribution is -2.45. The Morgan fingerprint density at radius 2 is 1.92 bits per heavy atom. The highest BCUT2D eigenvalue weighted by atomic mass is 16.7. The molecular formula is C17H25BN2O4. The van der Waals surface area contributed by atoms with E-state index in [9.17, 15) is 4.79 Å². The smallest absolute Gasteiger partial charge is 0.399 e. The quantitative estimate of drug-likeness (QED) is 0.832. The Bertz CT molecular complexity index is 619. The van der Waals surface area contributed by atoms with Gasteiger partial charge in [0.1, 0.15) is 6.10 Å². The number of hydrogen-bond donors (Lipinski definition) is 1. The van der Waals surface area contributed by atoms with E-state index in [2.05, 4.69) is 0 Å². The van der Waals surface area contributed by atoms with Gasteiger partial charge in [-0.2, -0.15) is 0 Å². The van der Waals surface area contributed by atoms with E-state index in [0.717, 1.165) is 11.0 Å². The summed E-state index contributed by atoms with van der Waals surface area (Å²) in [7, 11) is -0.411. The summed E-state index contributed by atoms with van der Waals surface area (Å²) in [6, 6.07) is 7.55. The number of hydrogen-bond acceptors (Lipinski definition) is 4. The van der Waals surface area contributed by atoms with Crippen molar-refractivity contribution in [2.45, 2.75) is 45.0 Å². The topological polar surface area (TPSA) is 74.0 Å². The molecule has 1 atom stereocenters. The number of benzene rings is 1. The molecule has 1 aromatic carbocycles. The van der Waals surface area contributed by atoms with E-state index < -0.39 is 13.1 Å². The maximum atomic E-state index is 11.4. The molecule has 0 saturated carbocycles. The highest BCUT2D eigenvalue weighted by Crippen LogP contribution is 2.36. The van der Waals surface area contributed by atoms with Gasteiger partial charge >= 0.3 is 13.1 Å². The zero-order valence-electron chi connectivity index (χ0n) is 14.7. The molecule has 0 aliphatic carbocycles. The van der Waals surface area contributed by atoms with Crippen molar-refractivity contribution in [1.82, 2.24) is 4.90 Å². The van der Waals surface area contributed by atoms with E-state index in [1.165, 1.54) is 0 Å². The van der Waals surface area contributed by atoms with Gasteiger partial charge in [0.05, 0.1) is 24.4 Å². The van der Waals surface area contributed by atoms with Gasteiger partial charge in [0.15, 0.2) is 0 Å². The fourth-order valence-corrected chi connectivity index (χ4v) is 2.94. The highest BCUT2D eigenvalue weighted by Gasteiger charge is 2.51. The number of ether oxygens (including phenoxy) is 1. The molecule has 130 valence electrons. The first-order valence-corrected chi connectivity index (χ1v) is 8.31. The van der Waals surface area contributed by atoms with Gasteiger partial charge in [-0.05, 0) is 38.7 Å². The first-order chi connectivity index (χ1) is 11.2. The minimum Gasteiger partial charge on any atom is -0.399 e. The van der Waals surface area contributed by atoms with Crippen LogP contribution in [0, 0.1) is 0 Å². The third-order valence-corrected chi connectivity index (χ3v) is 5.19. The number of nitrogens with two attached hydrogens (primary N) is 1. The normalized spacial score (nSPS) is 25.8. The minimum absolute atomic E-state index is 0.186. The van der Waals surface area contributed by atoms with Gasteiger partial charge in [-0.1, -0.05) is 24.3 Å². The van der Waals surface area contributed by atoms with Gasteiger partial charge in [-0.3, -0.25) is 0 Å². The van der Waals surface area contributed by atoms with Crippen molar-refractivity contribution in [2.75, 3.05) is 19.7 Å². The molecule has 1 aromatic rings. The molecule has 2 amide bonds. The summed E-state index contributed by atoms with van der Waals surface area (Å²) in [5.41, 5.74) is 6.58. The zero-order valence-corrected chi connectivity index (χ0v) is 14.7. The van der Waals surface area contributed by atoms with Crippen LogP contribution in [-0.2, 0) is 14.0 Å². The van der Waals surface area contributed by atoms with Crippen LogP contribution in [0.4, 0.5) is 4.79 Å². The molecule has 2 saturated heterocycles. The molecular weight excluding hydrogens is 307 g/mol. The number of carbonyl (C=O) groups is 1. The van der Waals surface area contributed by atoms with Gasteiger partial charge in [-0.15, -0.1) is 0 Å². The van der Waals surface area contributed by atoms with Gasteiger partial charge in [0, 0.05) is 6.54 Å². The van der Waals surface area contributed by atoms with Gasteiger partial charge < -0.3 is 24.7 Å². The second-order valence-corrected chi connectivity index (χ2v) is 7.40. The molecule has 7 heteroatoms. The summed E-state index contributed by atoms with van der Waals surface area (Å²) in [6.07, 6.45) is -0.186. The molecule has 2 aliphatic rings. The van der Waals surface area contributed by atoms with E-state index in [0.29, 0.717) is 19.7 Å². The molecule has 2 fully saturated rings. The molecule has 0 aromatic heterocycles. The molecule has 2 heterocycles. The van der Waals surface area contributed by atoms with Crippen LogP contribution < -0.4 is 11.2 Å². The number of urea groups is 1. The third-order valence-electron chi connectivity index (χ3n) is 5.19. The van der Waals surface area contributed by atoms with Crippen molar-refractivity contribution in [3.63, 3.8) is 0 Å². The molecule has 0 spiro atoms. The van der Waals surface area contributed by atoms with Crippen LogP contribution in [0.15, 0.2) is 24.3 Å². The third kappa shape index (κ3) is 3.16. The Morgan fingerprint density at radius 1 is 1.25 bits per heavy atom. The molecule has 6 nitrogen and oxygen atoms in total. The van der Waals surface area contributed by atoms with Crippen LogP contribution in [0.1, 0.15) is 39.4 Å². The van der Waals surface area contributed by atoms with Crippen molar-refractivity contribution in [2.24, 2.45) is 5.73 Å². The van der Waals surface area contributed by atoms with Crippen LogP contribution >= 0.6 is 0 Å². The zero-order chi connectivity index (χ0) is 17.5. The first-order valence-electron chi connectivity index (χ1n) is 8.31. The Kier molecular flexibility index (Phi) is 4.36. The Labute approximate surface area is 143 Å². The summed E-state index contributed by atoms with van der Waals surface area (Å²) < 4.78 is 18.0. The number of rotatable bonds is 2. The molecule has 0 radical (unpaired) electrons. The fourth-order valence-electron chi connectivity index (χ4n) is 2.94. The Morgan fingerprint density at radius 3 is 2.54 bits per heavy atom. The fraction of sp³-hybridized carbons (Fsp3) is 0.588. The average molecular weight is 332 g/mol. The summed E-state index contributed by atoms with van der Waals surface area (Å²) in [4.78, 5) is 13.0. The predicted octanol–water partition coefficient (Wildman–Crippen LogP) is 1.44.